The van der Waals surface area contributed by atoms with Gasteiger partial charge in [-0.1, -0.05) is 13.0 Å². The standard InChI is InChI=1S/C31H40N6O4/c1-22(9-12-33-31(41)24-5-7-25(8-6-24)35-16-14-34(2)15-17-35)18-28(39)36-13-10-26-30(36)27(38)21-37(26)29(40)19-23-4-3-11-32-20-23/h3-8,11,20,22,26,30H,9-10,12-19,21H2,1-2H3,(H,33,41). The number of piperazine rings is 1. The molecule has 3 unspecified atom stereocenters. The van der Waals surface area contributed by atoms with Gasteiger partial charge in [0.05, 0.1) is 19.0 Å². The van der Waals surface area contributed by atoms with Gasteiger partial charge >= 0.3 is 0 Å². The number of hydrogen-bond donors (Lipinski definition) is 1. The zero-order valence-corrected chi connectivity index (χ0v) is 24.0. The Hall–Kier alpha value is -3.79. The largest absolute Gasteiger partial charge is 0.369 e. The molecule has 3 fully saturated rings. The number of anilines is 1. The number of fused-ring (bicyclic) bond motifs is 1. The highest BCUT2D eigenvalue weighted by Gasteiger charge is 2.51. The number of aromatic nitrogens is 1. The second-order valence-electron chi connectivity index (χ2n) is 11.6. The topological polar surface area (TPSA) is 106 Å². The highest BCUT2D eigenvalue weighted by molar-refractivity contribution is 5.98. The van der Waals surface area contributed by atoms with E-state index in [1.165, 1.54) is 0 Å². The maximum Gasteiger partial charge on any atom is 0.251 e. The molecular weight excluding hydrogens is 520 g/mol. The van der Waals surface area contributed by atoms with Crippen LogP contribution in [0.15, 0.2) is 48.8 Å². The van der Waals surface area contributed by atoms with Gasteiger partial charge in [-0.05, 0) is 61.7 Å². The Bertz CT molecular complexity index is 1250. The van der Waals surface area contributed by atoms with Gasteiger partial charge in [-0.2, -0.15) is 0 Å². The average Bonchev–Trinajstić information content (AvgIpc) is 3.55. The lowest BCUT2D eigenvalue weighted by Gasteiger charge is -2.34. The molecule has 0 radical (unpaired) electrons. The van der Waals surface area contributed by atoms with Crippen molar-refractivity contribution < 1.29 is 19.2 Å². The fourth-order valence-corrected chi connectivity index (χ4v) is 6.14. The predicted octanol–water partition coefficient (Wildman–Crippen LogP) is 1.60. The minimum absolute atomic E-state index is 0.0429. The van der Waals surface area contributed by atoms with Crippen LogP contribution in [0.25, 0.3) is 0 Å². The smallest absolute Gasteiger partial charge is 0.251 e. The summed E-state index contributed by atoms with van der Waals surface area (Å²) in [5, 5.41) is 2.97. The quantitative estimate of drug-likeness (QED) is 0.497. The summed E-state index contributed by atoms with van der Waals surface area (Å²) >= 11 is 0. The van der Waals surface area contributed by atoms with Gasteiger partial charge in [0.1, 0.15) is 6.04 Å². The molecule has 3 saturated heterocycles. The first-order valence-corrected chi connectivity index (χ1v) is 14.6. The number of carbonyl (C=O) groups is 4. The van der Waals surface area contributed by atoms with Crippen LogP contribution in [0.1, 0.15) is 42.1 Å². The fraction of sp³-hybridized carbons (Fsp3) is 0.516. The molecule has 3 aliphatic heterocycles. The molecule has 41 heavy (non-hydrogen) atoms. The Morgan fingerprint density at radius 2 is 1.76 bits per heavy atom. The van der Waals surface area contributed by atoms with Crippen LogP contribution in [-0.2, 0) is 20.8 Å². The molecule has 1 aromatic heterocycles. The average molecular weight is 561 g/mol. The van der Waals surface area contributed by atoms with Gasteiger partial charge in [0.25, 0.3) is 5.91 Å². The minimum Gasteiger partial charge on any atom is -0.369 e. The summed E-state index contributed by atoms with van der Waals surface area (Å²) in [6.45, 7) is 7.01. The van der Waals surface area contributed by atoms with Crippen molar-refractivity contribution >= 4 is 29.2 Å². The van der Waals surface area contributed by atoms with Crippen LogP contribution in [-0.4, -0.2) is 108 Å². The summed E-state index contributed by atoms with van der Waals surface area (Å²) in [5.41, 5.74) is 2.56. The molecular formula is C31H40N6O4. The van der Waals surface area contributed by atoms with Crippen molar-refractivity contribution in [2.75, 3.05) is 57.8 Å². The number of Topliss-reactive ketones (excluding diaryl/α,β-unsaturated/α-hetero) is 1. The van der Waals surface area contributed by atoms with Gasteiger partial charge in [0.15, 0.2) is 5.78 Å². The molecule has 4 heterocycles. The molecule has 10 heteroatoms. The molecule has 0 aliphatic carbocycles. The van der Waals surface area contributed by atoms with E-state index in [9.17, 15) is 19.2 Å². The van der Waals surface area contributed by atoms with Crippen LogP contribution in [0, 0.1) is 5.92 Å². The summed E-state index contributed by atoms with van der Waals surface area (Å²) in [6.07, 6.45) is 5.08. The van der Waals surface area contributed by atoms with Crippen molar-refractivity contribution in [1.29, 1.82) is 0 Å². The lowest BCUT2D eigenvalue weighted by atomic mass is 10.0. The normalized spacial score (nSPS) is 21.6. The van der Waals surface area contributed by atoms with Gasteiger partial charge in [0.2, 0.25) is 11.8 Å². The van der Waals surface area contributed by atoms with Crippen LogP contribution < -0.4 is 10.2 Å². The highest BCUT2D eigenvalue weighted by atomic mass is 16.2. The van der Waals surface area contributed by atoms with E-state index < -0.39 is 6.04 Å². The van der Waals surface area contributed by atoms with E-state index in [0.717, 1.165) is 37.4 Å². The number of likely N-dealkylation sites (N-methyl/N-ethyl adjacent to an activating group) is 1. The number of hydrogen-bond acceptors (Lipinski definition) is 7. The third-order valence-electron chi connectivity index (χ3n) is 8.58. The molecule has 0 bridgehead atoms. The van der Waals surface area contributed by atoms with Crippen LogP contribution in [0.5, 0.6) is 0 Å². The lowest BCUT2D eigenvalue weighted by molar-refractivity contribution is -0.137. The van der Waals surface area contributed by atoms with E-state index in [0.29, 0.717) is 37.9 Å². The number of nitrogens with one attached hydrogen (secondary N) is 1. The molecule has 218 valence electrons. The van der Waals surface area contributed by atoms with Crippen molar-refractivity contribution in [3.8, 4) is 0 Å². The lowest BCUT2D eigenvalue weighted by Crippen LogP contribution is -2.44. The minimum atomic E-state index is -0.555. The SMILES string of the molecule is CC(CCNC(=O)c1ccc(N2CCN(C)CC2)cc1)CC(=O)N1CCC2C1C(=O)CN2C(=O)Cc1cccnc1. The Morgan fingerprint density at radius 1 is 1.00 bits per heavy atom. The van der Waals surface area contributed by atoms with E-state index in [4.69, 9.17) is 0 Å². The van der Waals surface area contributed by atoms with Crippen molar-refractivity contribution in [2.45, 2.75) is 44.7 Å². The van der Waals surface area contributed by atoms with Gasteiger partial charge in [-0.25, -0.2) is 0 Å². The Balaban J connectivity index is 1.06. The molecule has 0 saturated carbocycles. The number of ketones is 1. The van der Waals surface area contributed by atoms with E-state index in [1.807, 2.05) is 37.3 Å². The van der Waals surface area contributed by atoms with Crippen molar-refractivity contribution in [1.82, 2.24) is 25.0 Å². The number of likely N-dealkylation sites (tertiary alicyclic amines) is 2. The number of benzene rings is 1. The number of amides is 3. The number of rotatable bonds is 9. The van der Waals surface area contributed by atoms with Crippen LogP contribution in [0.2, 0.25) is 0 Å². The second kappa shape index (κ2) is 12.8. The zero-order chi connectivity index (χ0) is 28.9. The third kappa shape index (κ3) is 6.75. The van der Waals surface area contributed by atoms with E-state index in [-0.39, 0.29) is 48.4 Å². The van der Waals surface area contributed by atoms with E-state index in [1.54, 1.807) is 28.3 Å². The third-order valence-corrected chi connectivity index (χ3v) is 8.58. The van der Waals surface area contributed by atoms with Gasteiger partial charge in [0, 0.05) is 69.3 Å². The molecule has 1 aromatic carbocycles. The Morgan fingerprint density at radius 3 is 2.46 bits per heavy atom. The number of nitrogens with zero attached hydrogens (tertiary/aromatic N) is 5. The summed E-state index contributed by atoms with van der Waals surface area (Å²) in [7, 11) is 2.13. The fourth-order valence-electron chi connectivity index (χ4n) is 6.14. The molecule has 2 aromatic rings. The first kappa shape index (κ1) is 28.7. The van der Waals surface area contributed by atoms with Crippen molar-refractivity contribution in [3.63, 3.8) is 0 Å². The highest BCUT2D eigenvalue weighted by Crippen LogP contribution is 2.31. The van der Waals surface area contributed by atoms with Crippen molar-refractivity contribution in [3.05, 3.63) is 59.9 Å². The molecule has 3 amide bonds. The summed E-state index contributed by atoms with van der Waals surface area (Å²) in [4.78, 5) is 63.7. The summed E-state index contributed by atoms with van der Waals surface area (Å²) in [5.74, 6) is -0.319. The summed E-state index contributed by atoms with van der Waals surface area (Å²) < 4.78 is 0. The second-order valence-corrected chi connectivity index (χ2v) is 11.6. The van der Waals surface area contributed by atoms with E-state index >= 15 is 0 Å². The molecule has 10 nitrogen and oxygen atoms in total. The Kier molecular flexibility index (Phi) is 8.97. The Labute approximate surface area is 241 Å². The van der Waals surface area contributed by atoms with Crippen LogP contribution in [0.4, 0.5) is 5.69 Å². The number of pyridine rings is 1. The maximum atomic E-state index is 13.2. The molecule has 3 aliphatic rings. The molecule has 5 rings (SSSR count). The first-order valence-electron chi connectivity index (χ1n) is 14.6. The number of carbonyl (C=O) groups excluding carboxylic acids is 4. The zero-order valence-electron chi connectivity index (χ0n) is 24.0. The van der Waals surface area contributed by atoms with Crippen molar-refractivity contribution in [2.24, 2.45) is 5.92 Å². The van der Waals surface area contributed by atoms with Gasteiger partial charge in [-0.3, -0.25) is 24.2 Å². The van der Waals surface area contributed by atoms with Gasteiger partial charge in [-0.15, -0.1) is 0 Å². The molecule has 1 N–H and O–H groups in total. The first-order chi connectivity index (χ1) is 19.8. The molecule has 3 atom stereocenters. The predicted molar refractivity (Wildman–Crippen MR) is 155 cm³/mol. The van der Waals surface area contributed by atoms with E-state index in [2.05, 4.69) is 27.1 Å². The van der Waals surface area contributed by atoms with Crippen LogP contribution in [0.3, 0.4) is 0 Å². The monoisotopic (exact) mass is 560 g/mol. The summed E-state index contributed by atoms with van der Waals surface area (Å²) in [6, 6.07) is 10.6. The maximum absolute atomic E-state index is 13.2. The van der Waals surface area contributed by atoms with Crippen LogP contribution >= 0.6 is 0 Å². The van der Waals surface area contributed by atoms with Gasteiger partial charge < -0.3 is 24.9 Å². The molecule has 0 spiro atoms.